The van der Waals surface area contributed by atoms with Gasteiger partial charge in [-0.05, 0) is 42.3 Å². The minimum Gasteiger partial charge on any atom is -0.744 e. The molecule has 2 saturated heterocycles. The maximum absolute atomic E-state index is 12.3. The third-order valence-corrected chi connectivity index (χ3v) is 9.27. The quantitative estimate of drug-likeness (QED) is 0.0775. The molecule has 2 aromatic carbocycles. The molecule has 2 aliphatic rings. The van der Waals surface area contributed by atoms with E-state index in [0.29, 0.717) is 70.3 Å². The Balaban J connectivity index is 0.00000302. The second-order valence-electron chi connectivity index (χ2n) is 11.0. The van der Waals surface area contributed by atoms with Gasteiger partial charge < -0.3 is 44.7 Å². The standard InChI is InChI=1S/C29H33N11O8S2.2Na/c1-18-31-26(37-28(32-18)39-8-12-47-13-9-39)33-21-6-4-19(23(16-21)49(41,42)43)2-3-20-5-7-22(17-24(20)50(44,45)46)34-27-35-25(30)36-29(38-27)40-10-14-48-15-11-40;;/h2-7,16-17H,8-15H2,1H3,(H,41,42,43)(H,44,45,46)(H,31,32,33,37)(H3,30,34,35,36,38);;/q;2*+1/p-2/b3-2+;;. The molecule has 6 rings (SSSR count). The predicted octanol–water partition coefficient (Wildman–Crippen LogP) is -4.91. The Hall–Kier alpha value is -3.06. The molecule has 19 nitrogen and oxygen atoms in total. The summed E-state index contributed by atoms with van der Waals surface area (Å²) in [6.45, 7) is 5.91. The van der Waals surface area contributed by atoms with Gasteiger partial charge in [0.25, 0.3) is 0 Å². The molecule has 0 atom stereocenters. The number of benzene rings is 2. The van der Waals surface area contributed by atoms with E-state index >= 15 is 0 Å². The first kappa shape index (κ1) is 41.7. The first-order valence-electron chi connectivity index (χ1n) is 15.1. The van der Waals surface area contributed by atoms with Crippen LogP contribution in [0.1, 0.15) is 17.0 Å². The zero-order chi connectivity index (χ0) is 35.5. The molecule has 0 unspecified atom stereocenters. The van der Waals surface area contributed by atoms with Gasteiger partial charge >= 0.3 is 59.1 Å². The van der Waals surface area contributed by atoms with Gasteiger partial charge in [-0.2, -0.15) is 29.9 Å². The molecule has 0 spiro atoms. The zero-order valence-electron chi connectivity index (χ0n) is 28.5. The van der Waals surface area contributed by atoms with Crippen LogP contribution in [0.3, 0.4) is 0 Å². The SMILES string of the molecule is Cc1nc(Nc2ccc(/C=C/c3ccc(Nc4nc(N)nc(N5CCOCC5)n4)cc3S(=O)(=O)[O-])c(S(=O)(=O)[O-])c2)nc(N2CCOCC2)n1.[Na+].[Na+]. The molecule has 0 saturated carbocycles. The van der Waals surface area contributed by atoms with Gasteiger partial charge in [-0.25, -0.2) is 16.8 Å². The Labute approximate surface area is 344 Å². The van der Waals surface area contributed by atoms with Crippen LogP contribution in [0.15, 0.2) is 46.2 Å². The van der Waals surface area contributed by atoms with Gasteiger partial charge in [-0.3, -0.25) is 0 Å². The van der Waals surface area contributed by atoms with Crippen LogP contribution < -0.4 is 85.3 Å². The summed E-state index contributed by atoms with van der Waals surface area (Å²) in [5, 5.41) is 5.75. The first-order chi connectivity index (χ1) is 23.8. The van der Waals surface area contributed by atoms with Gasteiger partial charge in [-0.15, -0.1) is 0 Å². The van der Waals surface area contributed by atoms with E-state index in [1.807, 2.05) is 9.80 Å². The van der Waals surface area contributed by atoms with E-state index in [9.17, 15) is 25.9 Å². The molecule has 4 aromatic rings. The molecular formula is C29H31N11Na2O8S2. The molecule has 2 aromatic heterocycles. The van der Waals surface area contributed by atoms with E-state index in [0.717, 1.165) is 12.1 Å². The largest absolute Gasteiger partial charge is 1.00 e. The molecule has 4 heterocycles. The minimum absolute atomic E-state index is 0. The number of ether oxygens (including phenoxy) is 2. The maximum Gasteiger partial charge on any atom is 1.00 e. The van der Waals surface area contributed by atoms with Crippen molar-refractivity contribution in [3.63, 3.8) is 0 Å². The Bertz CT molecular complexity index is 2000. The van der Waals surface area contributed by atoms with Crippen molar-refractivity contribution >= 4 is 73.5 Å². The predicted molar refractivity (Wildman–Crippen MR) is 179 cm³/mol. The summed E-state index contributed by atoms with van der Waals surface area (Å²) in [6.07, 6.45) is 2.43. The summed E-state index contributed by atoms with van der Waals surface area (Å²) in [5.41, 5.74) is 6.10. The molecular weight excluding hydrogens is 741 g/mol. The first-order valence-corrected chi connectivity index (χ1v) is 18.0. The van der Waals surface area contributed by atoms with E-state index in [4.69, 9.17) is 15.2 Å². The van der Waals surface area contributed by atoms with Gasteiger partial charge in [0.2, 0.25) is 29.7 Å². The van der Waals surface area contributed by atoms with Crippen molar-refractivity contribution in [1.82, 2.24) is 29.9 Å². The number of morpholine rings is 2. The number of hydrogen-bond donors (Lipinski definition) is 3. The number of nitrogens with zero attached hydrogens (tertiary/aromatic N) is 8. The molecule has 52 heavy (non-hydrogen) atoms. The summed E-state index contributed by atoms with van der Waals surface area (Å²) in [7, 11) is -10.1. The van der Waals surface area contributed by atoms with Gasteiger partial charge in [0, 0.05) is 37.6 Å². The normalized spacial score (nSPS) is 15.1. The van der Waals surface area contributed by atoms with Crippen molar-refractivity contribution in [2.45, 2.75) is 16.7 Å². The van der Waals surface area contributed by atoms with Gasteiger partial charge in [-0.1, -0.05) is 24.3 Å². The van der Waals surface area contributed by atoms with Crippen molar-refractivity contribution in [2.75, 3.05) is 78.8 Å². The topological polar surface area (TPSA) is 267 Å². The molecule has 23 heteroatoms. The number of hydrogen-bond acceptors (Lipinski definition) is 19. The van der Waals surface area contributed by atoms with Gasteiger partial charge in [0.1, 0.15) is 26.1 Å². The van der Waals surface area contributed by atoms with Crippen molar-refractivity contribution in [1.29, 1.82) is 0 Å². The fourth-order valence-corrected chi connectivity index (χ4v) is 6.53. The van der Waals surface area contributed by atoms with Crippen molar-refractivity contribution in [2.24, 2.45) is 0 Å². The van der Waals surface area contributed by atoms with Crippen LogP contribution in [0.4, 0.5) is 41.1 Å². The maximum atomic E-state index is 12.3. The summed E-state index contributed by atoms with van der Waals surface area (Å²) < 4.78 is 84.6. The Morgan fingerprint density at radius 3 is 1.54 bits per heavy atom. The zero-order valence-corrected chi connectivity index (χ0v) is 34.1. The molecule has 0 bridgehead atoms. The third-order valence-electron chi connectivity index (χ3n) is 7.48. The van der Waals surface area contributed by atoms with E-state index in [-0.39, 0.29) is 99.5 Å². The second-order valence-corrected chi connectivity index (χ2v) is 13.7. The number of nitrogen functional groups attached to an aromatic ring is 1. The summed E-state index contributed by atoms with van der Waals surface area (Å²) in [6, 6.07) is 7.82. The van der Waals surface area contributed by atoms with E-state index in [1.165, 1.54) is 36.4 Å². The van der Waals surface area contributed by atoms with Crippen LogP contribution in [-0.2, 0) is 29.7 Å². The van der Waals surface area contributed by atoms with Gasteiger partial charge in [0.15, 0.2) is 0 Å². The third kappa shape index (κ3) is 10.8. The number of nitrogens with one attached hydrogen (secondary N) is 2. The fourth-order valence-electron chi connectivity index (χ4n) is 5.14. The van der Waals surface area contributed by atoms with E-state index in [2.05, 4.69) is 40.5 Å². The molecule has 0 amide bonds. The van der Waals surface area contributed by atoms with Crippen LogP contribution in [0.25, 0.3) is 12.2 Å². The summed E-state index contributed by atoms with van der Waals surface area (Å²) in [5.74, 6) is 1.20. The molecule has 4 N–H and O–H groups in total. The summed E-state index contributed by atoms with van der Waals surface area (Å²) in [4.78, 5) is 28.1. The van der Waals surface area contributed by atoms with Crippen molar-refractivity contribution in [3.8, 4) is 0 Å². The Morgan fingerprint density at radius 2 is 1.10 bits per heavy atom. The number of nitrogens with two attached hydrogens (primary N) is 1. The van der Waals surface area contributed by atoms with Crippen LogP contribution in [-0.4, -0.2) is 108 Å². The monoisotopic (exact) mass is 771 g/mol. The number of aryl methyl sites for hydroxylation is 1. The number of anilines is 7. The van der Waals surface area contributed by atoms with Crippen LogP contribution in [0.2, 0.25) is 0 Å². The molecule has 2 fully saturated rings. The molecule has 0 radical (unpaired) electrons. The average Bonchev–Trinajstić information content (AvgIpc) is 3.07. The van der Waals surface area contributed by atoms with Crippen molar-refractivity contribution < 1.29 is 94.5 Å². The van der Waals surface area contributed by atoms with Crippen molar-refractivity contribution in [3.05, 3.63) is 53.3 Å². The fraction of sp³-hybridized carbons (Fsp3) is 0.310. The number of rotatable bonds is 10. The second kappa shape index (κ2) is 17.8. The molecule has 0 aliphatic carbocycles. The van der Waals surface area contributed by atoms with Crippen LogP contribution in [0.5, 0.6) is 0 Å². The summed E-state index contributed by atoms with van der Waals surface area (Å²) >= 11 is 0. The van der Waals surface area contributed by atoms with Gasteiger partial charge in [0.05, 0.1) is 36.2 Å². The Kier molecular flexibility index (Phi) is 14.3. The van der Waals surface area contributed by atoms with E-state index < -0.39 is 30.0 Å². The molecule has 2 aliphatic heterocycles. The van der Waals surface area contributed by atoms with Crippen LogP contribution >= 0.6 is 0 Å². The minimum atomic E-state index is -5.04. The Morgan fingerprint density at radius 1 is 0.673 bits per heavy atom. The van der Waals surface area contributed by atoms with E-state index in [1.54, 1.807) is 6.92 Å². The average molecular weight is 772 g/mol. The smallest absolute Gasteiger partial charge is 0.744 e. The number of aromatic nitrogens is 6. The molecule has 264 valence electrons. The van der Waals surface area contributed by atoms with Crippen LogP contribution in [0, 0.1) is 6.92 Å².